The highest BCUT2D eigenvalue weighted by Gasteiger charge is 2.04. The zero-order valence-electron chi connectivity index (χ0n) is 9.17. The monoisotopic (exact) mass is 379 g/mol. The highest BCUT2D eigenvalue weighted by atomic mass is 79.9. The number of aryl methyl sites for hydroxylation is 1. The average Bonchev–Trinajstić information content (AvgIpc) is 2.82. The summed E-state index contributed by atoms with van der Waals surface area (Å²) in [7, 11) is 0. The van der Waals surface area contributed by atoms with Crippen LogP contribution < -0.4 is 5.32 Å². The fraction of sp³-hybridized carbons (Fsp3) is 0.400. The topological polar surface area (TPSA) is 51.0 Å². The molecule has 2 heterocycles. The minimum Gasteiger partial charge on any atom is -0.340 e. The van der Waals surface area contributed by atoms with Gasteiger partial charge in [-0.05, 0) is 37.9 Å². The molecule has 4 nitrogen and oxygen atoms in total. The van der Waals surface area contributed by atoms with E-state index in [2.05, 4.69) is 53.4 Å². The number of hydrogen-bond donors (Lipinski definition) is 1. The first-order valence-electron chi connectivity index (χ1n) is 5.09. The molecule has 2 aromatic heterocycles. The quantitative estimate of drug-likeness (QED) is 0.808. The Hall–Kier alpha value is -0.240. The first kappa shape index (κ1) is 13.2. The van der Waals surface area contributed by atoms with Gasteiger partial charge >= 0.3 is 0 Å². The van der Waals surface area contributed by atoms with E-state index >= 15 is 0 Å². The highest BCUT2D eigenvalue weighted by Crippen LogP contribution is 2.32. The Labute approximate surface area is 120 Å². The van der Waals surface area contributed by atoms with Gasteiger partial charge in [-0.25, -0.2) is 0 Å². The second-order valence-corrected chi connectivity index (χ2v) is 6.80. The molecular formula is C10H11Br2N3OS. The summed E-state index contributed by atoms with van der Waals surface area (Å²) in [6.45, 7) is 3.49. The summed E-state index contributed by atoms with van der Waals surface area (Å²) in [4.78, 5) is 5.43. The van der Waals surface area contributed by atoms with Gasteiger partial charge in [0.15, 0.2) is 5.82 Å². The lowest BCUT2D eigenvalue weighted by atomic mass is 10.4. The van der Waals surface area contributed by atoms with Crippen LogP contribution in [0.5, 0.6) is 0 Å². The van der Waals surface area contributed by atoms with Crippen LogP contribution in [0.15, 0.2) is 18.8 Å². The lowest BCUT2D eigenvalue weighted by Crippen LogP contribution is -2.16. The van der Waals surface area contributed by atoms with Crippen LogP contribution in [0.3, 0.4) is 0 Å². The Morgan fingerprint density at radius 2 is 2.29 bits per heavy atom. The van der Waals surface area contributed by atoms with Crippen molar-refractivity contribution < 1.29 is 4.52 Å². The minimum atomic E-state index is 0.617. The van der Waals surface area contributed by atoms with Crippen molar-refractivity contribution in [2.45, 2.75) is 19.9 Å². The number of thiophene rings is 1. The molecule has 0 saturated carbocycles. The second kappa shape index (κ2) is 6.08. The van der Waals surface area contributed by atoms with Crippen LogP contribution in [0.1, 0.15) is 16.6 Å². The van der Waals surface area contributed by atoms with Crippen LogP contribution >= 0.6 is 43.2 Å². The van der Waals surface area contributed by atoms with Crippen molar-refractivity contribution in [3.8, 4) is 0 Å². The van der Waals surface area contributed by atoms with Crippen LogP contribution in [0.2, 0.25) is 0 Å². The normalized spacial score (nSPS) is 11.0. The van der Waals surface area contributed by atoms with Gasteiger partial charge in [0, 0.05) is 35.8 Å². The van der Waals surface area contributed by atoms with E-state index in [0.29, 0.717) is 5.89 Å². The molecule has 0 fully saturated rings. The molecule has 17 heavy (non-hydrogen) atoms. The summed E-state index contributed by atoms with van der Waals surface area (Å²) in [5.74, 6) is 1.37. The molecule has 0 atom stereocenters. The molecule has 0 aromatic carbocycles. The van der Waals surface area contributed by atoms with E-state index in [9.17, 15) is 0 Å². The smallest absolute Gasteiger partial charge is 0.223 e. The molecule has 0 aliphatic heterocycles. The van der Waals surface area contributed by atoms with Gasteiger partial charge in [-0.3, -0.25) is 0 Å². The zero-order chi connectivity index (χ0) is 12.3. The molecule has 0 bridgehead atoms. The Bertz CT molecular complexity index is 478. The van der Waals surface area contributed by atoms with Gasteiger partial charge in [0.1, 0.15) is 0 Å². The molecule has 92 valence electrons. The fourth-order valence-corrected chi connectivity index (χ4v) is 3.48. The Morgan fingerprint density at radius 3 is 2.88 bits per heavy atom. The first-order chi connectivity index (χ1) is 8.15. The van der Waals surface area contributed by atoms with E-state index in [0.717, 1.165) is 33.6 Å². The molecule has 1 N–H and O–H groups in total. The van der Waals surface area contributed by atoms with Crippen LogP contribution in [-0.2, 0) is 13.0 Å². The largest absolute Gasteiger partial charge is 0.340 e. The molecule has 0 spiro atoms. The maximum Gasteiger partial charge on any atom is 0.223 e. The first-order valence-corrected chi connectivity index (χ1v) is 7.49. The van der Waals surface area contributed by atoms with Gasteiger partial charge in [0.25, 0.3) is 0 Å². The number of hydrogen-bond acceptors (Lipinski definition) is 5. The summed E-state index contributed by atoms with van der Waals surface area (Å²) in [5.41, 5.74) is 0. The third-order valence-electron chi connectivity index (χ3n) is 2.09. The highest BCUT2D eigenvalue weighted by molar-refractivity contribution is 9.13. The molecule has 0 unspecified atom stereocenters. The standard InChI is InChI=1S/C10H11Br2N3OS/c1-6-14-9(15-16-6)2-3-13-5-7-4-8(11)10(12)17-7/h4,13H,2-3,5H2,1H3. The molecule has 2 rings (SSSR count). The molecule has 0 aliphatic rings. The van der Waals surface area contributed by atoms with Gasteiger partial charge < -0.3 is 9.84 Å². The summed E-state index contributed by atoms with van der Waals surface area (Å²) < 4.78 is 7.13. The van der Waals surface area contributed by atoms with Gasteiger partial charge in [-0.15, -0.1) is 11.3 Å². The van der Waals surface area contributed by atoms with Crippen molar-refractivity contribution >= 4 is 43.2 Å². The number of rotatable bonds is 5. The number of nitrogens with one attached hydrogen (secondary N) is 1. The number of nitrogens with zero attached hydrogens (tertiary/aromatic N) is 2. The fourth-order valence-electron chi connectivity index (χ4n) is 1.33. The van der Waals surface area contributed by atoms with Crippen molar-refractivity contribution in [3.05, 3.63) is 30.9 Å². The number of halogens is 2. The molecule has 0 aliphatic carbocycles. The summed E-state index contributed by atoms with van der Waals surface area (Å²) in [5, 5.41) is 7.19. The number of aromatic nitrogens is 2. The molecule has 2 aromatic rings. The van der Waals surface area contributed by atoms with Crippen LogP contribution in [0, 0.1) is 6.92 Å². The Morgan fingerprint density at radius 1 is 1.47 bits per heavy atom. The van der Waals surface area contributed by atoms with Gasteiger partial charge in [0.05, 0.1) is 3.79 Å². The molecular weight excluding hydrogens is 370 g/mol. The third-order valence-corrected chi connectivity index (χ3v) is 5.35. The Kier molecular flexibility index (Phi) is 4.72. The third kappa shape index (κ3) is 3.87. The molecule has 7 heteroatoms. The van der Waals surface area contributed by atoms with E-state index in [1.165, 1.54) is 4.88 Å². The average molecular weight is 381 g/mol. The van der Waals surface area contributed by atoms with Crippen molar-refractivity contribution in [2.75, 3.05) is 6.54 Å². The van der Waals surface area contributed by atoms with E-state index in [4.69, 9.17) is 4.52 Å². The Balaban J connectivity index is 1.73. The predicted octanol–water partition coefficient (Wildman–Crippen LogP) is 3.30. The van der Waals surface area contributed by atoms with Gasteiger partial charge in [-0.1, -0.05) is 5.16 Å². The zero-order valence-corrected chi connectivity index (χ0v) is 13.2. The van der Waals surface area contributed by atoms with E-state index < -0.39 is 0 Å². The van der Waals surface area contributed by atoms with Crippen LogP contribution in [0.4, 0.5) is 0 Å². The van der Waals surface area contributed by atoms with Crippen LogP contribution in [0.25, 0.3) is 0 Å². The van der Waals surface area contributed by atoms with Crippen molar-refractivity contribution in [2.24, 2.45) is 0 Å². The van der Waals surface area contributed by atoms with E-state index in [1.807, 2.05) is 0 Å². The summed E-state index contributed by atoms with van der Waals surface area (Å²) in [6.07, 6.45) is 0.783. The maximum absolute atomic E-state index is 4.90. The lowest BCUT2D eigenvalue weighted by molar-refractivity contribution is 0.387. The predicted molar refractivity (Wildman–Crippen MR) is 74.2 cm³/mol. The lowest BCUT2D eigenvalue weighted by Gasteiger charge is -1.99. The second-order valence-electron chi connectivity index (χ2n) is 3.49. The van der Waals surface area contributed by atoms with Crippen molar-refractivity contribution in [3.63, 3.8) is 0 Å². The molecule has 0 radical (unpaired) electrons. The molecule has 0 amide bonds. The SMILES string of the molecule is Cc1nc(CCNCc2cc(Br)c(Br)s2)no1. The summed E-state index contributed by atoms with van der Waals surface area (Å²) in [6, 6.07) is 2.11. The van der Waals surface area contributed by atoms with E-state index in [-0.39, 0.29) is 0 Å². The van der Waals surface area contributed by atoms with Crippen molar-refractivity contribution in [1.29, 1.82) is 0 Å². The van der Waals surface area contributed by atoms with E-state index in [1.54, 1.807) is 18.3 Å². The van der Waals surface area contributed by atoms with Crippen LogP contribution in [-0.4, -0.2) is 16.7 Å². The minimum absolute atomic E-state index is 0.617. The van der Waals surface area contributed by atoms with Gasteiger partial charge in [0.2, 0.25) is 5.89 Å². The maximum atomic E-state index is 4.90. The van der Waals surface area contributed by atoms with Gasteiger partial charge in [-0.2, -0.15) is 4.98 Å². The van der Waals surface area contributed by atoms with Crippen molar-refractivity contribution in [1.82, 2.24) is 15.5 Å². The summed E-state index contributed by atoms with van der Waals surface area (Å²) >= 11 is 8.67. The molecule has 0 saturated heterocycles.